The predicted molar refractivity (Wildman–Crippen MR) is 348 cm³/mol. The molecule has 5 aromatic carbocycles. The normalized spacial score (nSPS) is 19.6. The van der Waals surface area contributed by atoms with E-state index in [9.17, 15) is 48.9 Å². The Balaban J connectivity index is 1.21. The van der Waals surface area contributed by atoms with E-state index >= 15 is 9.59 Å². The van der Waals surface area contributed by atoms with E-state index in [0.717, 1.165) is 32.7 Å². The number of aliphatic hydroxyl groups excluding tert-OH is 1. The summed E-state index contributed by atoms with van der Waals surface area (Å²) in [6.45, 7) is 6.64. The molecule has 0 aliphatic carbocycles. The van der Waals surface area contributed by atoms with Crippen molar-refractivity contribution < 1.29 is 63.2 Å². The van der Waals surface area contributed by atoms with Crippen molar-refractivity contribution in [1.82, 2.24) is 52.8 Å². The molecule has 7 rings (SSSR count). The minimum Gasteiger partial charge on any atom is -0.508 e. The van der Waals surface area contributed by atoms with Crippen LogP contribution in [0.25, 0.3) is 10.9 Å². The summed E-state index contributed by atoms with van der Waals surface area (Å²) in [5.74, 6) is -7.75. The Kier molecular flexibility index (Phi) is 26.1. The van der Waals surface area contributed by atoms with E-state index in [4.69, 9.17) is 4.74 Å². The largest absolute Gasteiger partial charge is 0.508 e. The van der Waals surface area contributed by atoms with Gasteiger partial charge in [0.2, 0.25) is 35.4 Å². The number of urea groups is 1. The lowest BCUT2D eigenvalue weighted by Gasteiger charge is -2.29. The van der Waals surface area contributed by atoms with Crippen LogP contribution < -0.4 is 47.9 Å². The standard InChI is InChI=1S/C66H80N10O13S2/c1-40(77)56-62(84)74-55(63(85)86)39-91-90-38-54(73-59(81)52(34-41-18-8-5-9-19-41)75-64(87)67-33-31-47(43-20-10-6-11-21-43)44-22-12-7-13-23-44)61(83)71-51(35-42-27-29-46(78)30-28-42)58(80)72-53(36-45-37-69-49-25-15-14-24-48(45)49)60(82)70-50(57(79)76-56)26-16-17-32-68-65(88)89-66(2,3)4/h5-15,18-25,27-30,37,40,47,50-56,69,77-78H,16-17,26,31-36,38-39H2,1-4H3,(H,68,88)(H,70,82)(H,71,83)(H,72,80)(H,73,81)(H,74,84)(H,76,79)(H,85,86)(H2,67,75,87)/t40-,50+,51+,52-,53-,54+,55+,56+/m1/s1. The van der Waals surface area contributed by atoms with E-state index < -0.39 is 108 Å². The molecule has 0 bridgehead atoms. The Morgan fingerprint density at radius 1 is 0.637 bits per heavy atom. The molecule has 8 atom stereocenters. The number of carboxylic acids is 1. The van der Waals surface area contributed by atoms with Gasteiger partial charge in [0.25, 0.3) is 0 Å². The molecular weight excluding hydrogens is 1200 g/mol. The highest BCUT2D eigenvalue weighted by molar-refractivity contribution is 8.76. The fourth-order valence-corrected chi connectivity index (χ4v) is 12.5. The number of fused-ring (bicyclic) bond motifs is 1. The van der Waals surface area contributed by atoms with Crippen LogP contribution >= 0.6 is 21.6 Å². The predicted octanol–water partition coefficient (Wildman–Crippen LogP) is 5.26. The average molecular weight is 1290 g/mol. The molecule has 1 fully saturated rings. The van der Waals surface area contributed by atoms with Crippen LogP contribution in [0.4, 0.5) is 9.59 Å². The van der Waals surface area contributed by atoms with Gasteiger partial charge in [-0.2, -0.15) is 0 Å². The van der Waals surface area contributed by atoms with E-state index in [-0.39, 0.29) is 74.8 Å². The number of ether oxygens (including phenoxy) is 1. The van der Waals surface area contributed by atoms with Crippen LogP contribution in [-0.2, 0) is 57.6 Å². The van der Waals surface area contributed by atoms with Crippen molar-refractivity contribution in [1.29, 1.82) is 0 Å². The van der Waals surface area contributed by atoms with Gasteiger partial charge in [-0.1, -0.05) is 143 Å². The van der Waals surface area contributed by atoms with E-state index in [1.54, 1.807) is 63.4 Å². The monoisotopic (exact) mass is 1280 g/mol. The van der Waals surface area contributed by atoms with Gasteiger partial charge in [-0.25, -0.2) is 14.4 Å². The molecule has 91 heavy (non-hydrogen) atoms. The van der Waals surface area contributed by atoms with Crippen LogP contribution in [0.15, 0.2) is 146 Å². The van der Waals surface area contributed by atoms with Crippen molar-refractivity contribution in [2.45, 2.75) is 133 Å². The Labute approximate surface area is 535 Å². The van der Waals surface area contributed by atoms with E-state index in [2.05, 4.69) is 52.8 Å². The van der Waals surface area contributed by atoms with Crippen LogP contribution in [0.1, 0.15) is 87.1 Å². The number of aromatic hydroxyl groups is 1. The van der Waals surface area contributed by atoms with E-state index in [1.807, 2.05) is 78.9 Å². The second kappa shape index (κ2) is 34.2. The molecule has 1 aliphatic rings. The lowest BCUT2D eigenvalue weighted by Crippen LogP contribution is -2.62. The maximum absolute atomic E-state index is 15.1. The molecule has 13 N–H and O–H groups in total. The Morgan fingerprint density at radius 3 is 1.86 bits per heavy atom. The molecule has 484 valence electrons. The molecule has 1 saturated heterocycles. The maximum Gasteiger partial charge on any atom is 0.407 e. The highest BCUT2D eigenvalue weighted by Gasteiger charge is 2.37. The lowest BCUT2D eigenvalue weighted by molar-refractivity contribution is -0.142. The third kappa shape index (κ3) is 22.1. The summed E-state index contributed by atoms with van der Waals surface area (Å²) >= 11 is 0. The Hall–Kier alpha value is -9.07. The molecule has 25 heteroatoms. The number of amides is 9. The number of carbonyl (C=O) groups excluding carboxylic acids is 8. The number of H-pyrrole nitrogens is 1. The van der Waals surface area contributed by atoms with Crippen molar-refractivity contribution in [3.8, 4) is 5.75 Å². The number of benzene rings is 5. The third-order valence-electron chi connectivity index (χ3n) is 14.9. The molecular formula is C66H80N10O13S2. The number of aromatic amines is 1. The van der Waals surface area contributed by atoms with Crippen molar-refractivity contribution in [2.75, 3.05) is 24.6 Å². The molecule has 0 saturated carbocycles. The van der Waals surface area contributed by atoms with Gasteiger partial charge in [0.1, 0.15) is 53.6 Å². The minimum atomic E-state index is -1.75. The molecule has 0 radical (unpaired) electrons. The van der Waals surface area contributed by atoms with Crippen LogP contribution in [0, 0.1) is 0 Å². The van der Waals surface area contributed by atoms with Gasteiger partial charge in [-0.3, -0.25) is 28.8 Å². The van der Waals surface area contributed by atoms with Crippen LogP contribution in [-0.4, -0.2) is 152 Å². The number of aliphatic carboxylic acids is 1. The summed E-state index contributed by atoms with van der Waals surface area (Å²) in [6.07, 6.45) is -0.191. The van der Waals surface area contributed by atoms with Gasteiger partial charge < -0.3 is 72.9 Å². The molecule has 0 unspecified atom stereocenters. The topological polar surface area (TPSA) is 348 Å². The van der Waals surface area contributed by atoms with Crippen molar-refractivity contribution in [3.63, 3.8) is 0 Å². The number of aliphatic hydroxyl groups is 1. The molecule has 6 aromatic rings. The molecule has 23 nitrogen and oxygen atoms in total. The maximum atomic E-state index is 15.1. The summed E-state index contributed by atoms with van der Waals surface area (Å²) in [6, 6.07) is 30.3. The fourth-order valence-electron chi connectivity index (χ4n) is 10.1. The first-order chi connectivity index (χ1) is 43.6. The summed E-state index contributed by atoms with van der Waals surface area (Å²) < 4.78 is 5.33. The number of carboxylic acid groups (broad SMARTS) is 1. The number of carbonyl (C=O) groups is 9. The summed E-state index contributed by atoms with van der Waals surface area (Å²) in [5, 5.41) is 56.6. The van der Waals surface area contributed by atoms with Gasteiger partial charge >= 0.3 is 18.1 Å². The van der Waals surface area contributed by atoms with Crippen LogP contribution in [0.2, 0.25) is 0 Å². The van der Waals surface area contributed by atoms with E-state index in [1.165, 1.54) is 31.2 Å². The van der Waals surface area contributed by atoms with Crippen LogP contribution in [0.5, 0.6) is 5.75 Å². The van der Waals surface area contributed by atoms with Gasteiger partial charge in [-0.15, -0.1) is 0 Å². The molecule has 1 aliphatic heterocycles. The zero-order valence-corrected chi connectivity index (χ0v) is 52.7. The highest BCUT2D eigenvalue weighted by atomic mass is 33.1. The first kappa shape index (κ1) is 69.4. The summed E-state index contributed by atoms with van der Waals surface area (Å²) in [4.78, 5) is 131. The Morgan fingerprint density at radius 2 is 1.22 bits per heavy atom. The zero-order valence-electron chi connectivity index (χ0n) is 51.1. The van der Waals surface area contributed by atoms with Gasteiger partial charge in [0.05, 0.1) is 6.10 Å². The number of nitrogens with one attached hydrogen (secondary N) is 10. The molecule has 2 heterocycles. The van der Waals surface area contributed by atoms with E-state index in [0.29, 0.717) is 34.0 Å². The average Bonchev–Trinajstić information content (AvgIpc) is 2.09. The van der Waals surface area contributed by atoms with Gasteiger partial charge in [0.15, 0.2) is 0 Å². The number of hydrogen-bond donors (Lipinski definition) is 13. The minimum absolute atomic E-state index is 0.0290. The quantitative estimate of drug-likeness (QED) is 0.0323. The molecule has 1 aromatic heterocycles. The molecule has 9 amide bonds. The number of unbranched alkanes of at least 4 members (excludes halogenated alkanes) is 1. The number of rotatable bonds is 21. The van der Waals surface area contributed by atoms with Gasteiger partial charge in [0, 0.05) is 66.9 Å². The number of phenols is 1. The van der Waals surface area contributed by atoms with Gasteiger partial charge in [-0.05, 0) is 99.4 Å². The number of alkyl carbamates (subject to hydrolysis) is 1. The number of para-hydroxylation sites is 1. The summed E-state index contributed by atoms with van der Waals surface area (Å²) in [5.41, 5.74) is 3.72. The molecule has 0 spiro atoms. The zero-order chi connectivity index (χ0) is 65.5. The highest BCUT2D eigenvalue weighted by Crippen LogP contribution is 2.28. The second-order valence-electron chi connectivity index (χ2n) is 23.1. The fraction of sp³-hybridized carbons (Fsp3) is 0.379. The lowest BCUT2D eigenvalue weighted by atomic mass is 9.88. The Bertz CT molecular complexity index is 3370. The van der Waals surface area contributed by atoms with Crippen molar-refractivity contribution >= 4 is 86.0 Å². The first-order valence-electron chi connectivity index (χ1n) is 30.1. The number of aromatic nitrogens is 1. The first-order valence-corrected chi connectivity index (χ1v) is 32.5. The SMILES string of the molecule is C[C@@H](O)[C@@H]1NC(=O)[C@H](CCCCNC(=O)OC(C)(C)C)NC(=O)[C@@H](Cc2c[nH]c3ccccc23)NC(=O)[C@H](Cc2ccc(O)cc2)NC(=O)[C@@H](NC(=O)[C@@H](Cc2ccccc2)NC(=O)NCCC(c2ccccc2)c2ccccc2)CSSC[C@@H](C(=O)O)NC1=O. The second-order valence-corrected chi connectivity index (χ2v) is 25.7. The third-order valence-corrected chi connectivity index (χ3v) is 17.3. The van der Waals surface area contributed by atoms with Crippen molar-refractivity contribution in [3.05, 3.63) is 174 Å². The van der Waals surface area contributed by atoms with Crippen molar-refractivity contribution in [2.24, 2.45) is 0 Å². The summed E-state index contributed by atoms with van der Waals surface area (Å²) in [7, 11) is 1.86. The number of phenolic OH excluding ortho intramolecular Hbond substituents is 1. The number of hydrogen-bond acceptors (Lipinski definition) is 14. The smallest absolute Gasteiger partial charge is 0.407 e. The van der Waals surface area contributed by atoms with Crippen LogP contribution in [0.3, 0.4) is 0 Å².